The topological polar surface area (TPSA) is 76.1 Å². The Bertz CT molecular complexity index is 570. The van der Waals surface area contributed by atoms with Gasteiger partial charge in [-0.3, -0.25) is 4.55 Å². The monoisotopic (exact) mass is 327 g/mol. The van der Waals surface area contributed by atoms with Crippen LogP contribution in [0.25, 0.3) is 0 Å². The van der Waals surface area contributed by atoms with Gasteiger partial charge in [-0.1, -0.05) is 11.6 Å². The molecule has 0 spiro atoms. The molecule has 1 aromatic rings. The molecule has 1 aromatic heterocycles. The first kappa shape index (κ1) is 15.2. The average molecular weight is 328 g/mol. The van der Waals surface area contributed by atoms with Gasteiger partial charge < -0.3 is 9.47 Å². The second-order valence-electron chi connectivity index (χ2n) is 4.58. The van der Waals surface area contributed by atoms with Gasteiger partial charge in [0.25, 0.3) is 0 Å². The molecule has 0 aliphatic carbocycles. The van der Waals surface area contributed by atoms with Crippen LogP contribution in [0.2, 0.25) is 4.34 Å². The van der Waals surface area contributed by atoms with Crippen LogP contribution in [0.5, 0.6) is 0 Å². The molecule has 2 atom stereocenters. The Labute approximate surface area is 120 Å². The van der Waals surface area contributed by atoms with Crippen LogP contribution in [0, 0.1) is 0 Å². The fourth-order valence-electron chi connectivity index (χ4n) is 1.82. The highest BCUT2D eigenvalue weighted by atomic mass is 35.5. The maximum atomic E-state index is 11.2. The van der Waals surface area contributed by atoms with Crippen molar-refractivity contribution in [3.05, 3.63) is 21.3 Å². The standard InChI is InChI=1S/C10H14ClNO5S2/c1-10(2)16-8(6-4-5-7(11)18-6)9(17-10)12(3)19(13,14)15/h4-5,8-9H,1-3H3,(H,13,14,15). The number of halogens is 1. The van der Waals surface area contributed by atoms with Gasteiger partial charge in [0.1, 0.15) is 6.10 Å². The van der Waals surface area contributed by atoms with Crippen molar-refractivity contribution in [1.82, 2.24) is 4.31 Å². The molecule has 108 valence electrons. The fraction of sp³-hybridized carbons (Fsp3) is 0.600. The van der Waals surface area contributed by atoms with E-state index in [1.165, 1.54) is 18.4 Å². The first-order valence-corrected chi connectivity index (χ1v) is 8.00. The van der Waals surface area contributed by atoms with Gasteiger partial charge in [0.15, 0.2) is 12.0 Å². The van der Waals surface area contributed by atoms with E-state index < -0.39 is 28.4 Å². The molecular formula is C10H14ClNO5S2. The zero-order valence-corrected chi connectivity index (χ0v) is 12.9. The van der Waals surface area contributed by atoms with Gasteiger partial charge >= 0.3 is 10.3 Å². The van der Waals surface area contributed by atoms with Crippen molar-refractivity contribution in [2.75, 3.05) is 7.05 Å². The maximum absolute atomic E-state index is 11.2. The van der Waals surface area contributed by atoms with Crippen LogP contribution < -0.4 is 0 Å². The summed E-state index contributed by atoms with van der Waals surface area (Å²) >= 11 is 7.14. The number of nitrogens with zero attached hydrogens (tertiary/aromatic N) is 1. The Morgan fingerprint density at radius 3 is 2.53 bits per heavy atom. The third-order valence-corrected chi connectivity index (χ3v) is 4.90. The molecule has 0 amide bonds. The fourth-order valence-corrected chi connectivity index (χ4v) is 3.34. The molecule has 1 fully saturated rings. The van der Waals surface area contributed by atoms with Crippen LogP contribution in [-0.4, -0.2) is 36.3 Å². The van der Waals surface area contributed by atoms with Crippen molar-refractivity contribution in [3.63, 3.8) is 0 Å². The Hall–Kier alpha value is -0.220. The molecule has 1 saturated heterocycles. The van der Waals surface area contributed by atoms with Crippen LogP contribution in [-0.2, 0) is 19.8 Å². The molecule has 2 unspecified atom stereocenters. The van der Waals surface area contributed by atoms with E-state index in [9.17, 15) is 8.42 Å². The zero-order valence-electron chi connectivity index (χ0n) is 10.5. The van der Waals surface area contributed by atoms with Crippen molar-refractivity contribution < 1.29 is 22.4 Å². The van der Waals surface area contributed by atoms with Gasteiger partial charge in [0.05, 0.1) is 4.34 Å². The number of rotatable bonds is 3. The number of hydrogen-bond acceptors (Lipinski definition) is 5. The minimum atomic E-state index is -4.37. The summed E-state index contributed by atoms with van der Waals surface area (Å²) in [7, 11) is -3.14. The lowest BCUT2D eigenvalue weighted by molar-refractivity contribution is -0.154. The van der Waals surface area contributed by atoms with E-state index in [2.05, 4.69) is 0 Å². The van der Waals surface area contributed by atoms with Crippen LogP contribution in [0.15, 0.2) is 12.1 Å². The van der Waals surface area contributed by atoms with E-state index in [-0.39, 0.29) is 0 Å². The molecule has 0 aromatic carbocycles. The average Bonchev–Trinajstić information content (AvgIpc) is 2.79. The molecule has 1 aliphatic rings. The van der Waals surface area contributed by atoms with Gasteiger partial charge in [-0.25, -0.2) is 0 Å². The summed E-state index contributed by atoms with van der Waals surface area (Å²) in [6, 6.07) is 3.44. The van der Waals surface area contributed by atoms with E-state index in [0.717, 1.165) is 9.18 Å². The van der Waals surface area contributed by atoms with Gasteiger partial charge in [-0.15, -0.1) is 11.3 Å². The summed E-state index contributed by atoms with van der Waals surface area (Å²) in [5, 5.41) is 0. The minimum Gasteiger partial charge on any atom is -0.337 e. The molecule has 0 bridgehead atoms. The molecular weight excluding hydrogens is 314 g/mol. The number of thiophene rings is 1. The van der Waals surface area contributed by atoms with Crippen molar-refractivity contribution in [2.45, 2.75) is 32.0 Å². The van der Waals surface area contributed by atoms with Crippen LogP contribution in [0.1, 0.15) is 24.8 Å². The maximum Gasteiger partial charge on any atom is 0.337 e. The van der Waals surface area contributed by atoms with E-state index >= 15 is 0 Å². The summed E-state index contributed by atoms with van der Waals surface area (Å²) in [5.41, 5.74) is 0. The van der Waals surface area contributed by atoms with Crippen molar-refractivity contribution in [3.8, 4) is 0 Å². The smallest absolute Gasteiger partial charge is 0.337 e. The molecule has 1 N–H and O–H groups in total. The Morgan fingerprint density at radius 1 is 1.42 bits per heavy atom. The normalized spacial score (nSPS) is 27.1. The first-order valence-electron chi connectivity index (χ1n) is 5.41. The highest BCUT2D eigenvalue weighted by molar-refractivity contribution is 7.83. The summed E-state index contributed by atoms with van der Waals surface area (Å²) in [5.74, 6) is -0.954. The minimum absolute atomic E-state index is 0.566. The third-order valence-electron chi connectivity index (χ3n) is 2.67. The highest BCUT2D eigenvalue weighted by Crippen LogP contribution is 2.42. The quantitative estimate of drug-likeness (QED) is 0.862. The molecule has 19 heavy (non-hydrogen) atoms. The van der Waals surface area contributed by atoms with Crippen LogP contribution in [0.4, 0.5) is 0 Å². The lowest BCUT2D eigenvalue weighted by Gasteiger charge is -2.23. The molecule has 6 nitrogen and oxygen atoms in total. The van der Waals surface area contributed by atoms with Crippen molar-refractivity contribution in [2.24, 2.45) is 0 Å². The number of ether oxygens (including phenoxy) is 2. The molecule has 0 radical (unpaired) electrons. The van der Waals surface area contributed by atoms with Gasteiger partial charge in [-0.05, 0) is 26.0 Å². The molecule has 2 rings (SSSR count). The Morgan fingerprint density at radius 2 is 2.05 bits per heavy atom. The molecule has 2 heterocycles. The molecule has 1 aliphatic heterocycles. The van der Waals surface area contributed by atoms with E-state index in [1.807, 2.05) is 0 Å². The van der Waals surface area contributed by atoms with Gasteiger partial charge in [0.2, 0.25) is 0 Å². The van der Waals surface area contributed by atoms with Crippen LogP contribution in [0.3, 0.4) is 0 Å². The molecule has 0 saturated carbocycles. The van der Waals surface area contributed by atoms with Crippen molar-refractivity contribution in [1.29, 1.82) is 0 Å². The van der Waals surface area contributed by atoms with E-state index in [4.69, 9.17) is 25.6 Å². The summed E-state index contributed by atoms with van der Waals surface area (Å²) < 4.78 is 44.1. The second-order valence-corrected chi connectivity index (χ2v) is 7.80. The molecule has 9 heteroatoms. The summed E-state index contributed by atoms with van der Waals surface area (Å²) in [6.07, 6.45) is -1.58. The van der Waals surface area contributed by atoms with Crippen molar-refractivity contribution >= 4 is 33.2 Å². The largest absolute Gasteiger partial charge is 0.337 e. The zero-order chi connectivity index (χ0) is 14.4. The number of hydrogen-bond donors (Lipinski definition) is 1. The third kappa shape index (κ3) is 3.27. The lowest BCUT2D eigenvalue weighted by Crippen LogP contribution is -2.40. The predicted octanol–water partition coefficient (Wildman–Crippen LogP) is 2.29. The number of likely N-dealkylation sites (N-methyl/N-ethyl adjacent to an activating group) is 1. The highest BCUT2D eigenvalue weighted by Gasteiger charge is 2.47. The van der Waals surface area contributed by atoms with E-state index in [1.54, 1.807) is 26.0 Å². The van der Waals surface area contributed by atoms with Gasteiger partial charge in [-0.2, -0.15) is 12.7 Å². The van der Waals surface area contributed by atoms with E-state index in [0.29, 0.717) is 4.34 Å². The summed E-state index contributed by atoms with van der Waals surface area (Å²) in [4.78, 5) is 0.732. The lowest BCUT2D eigenvalue weighted by atomic mass is 10.2. The predicted molar refractivity (Wildman–Crippen MR) is 71.4 cm³/mol. The summed E-state index contributed by atoms with van der Waals surface area (Å²) in [6.45, 7) is 3.35. The SMILES string of the molecule is CN(C1OC(C)(C)OC1c1ccc(Cl)s1)S(=O)(=O)O. The Kier molecular flexibility index (Phi) is 3.96. The first-order chi connectivity index (χ1) is 8.60. The van der Waals surface area contributed by atoms with Gasteiger partial charge in [0, 0.05) is 11.9 Å². The Balaban J connectivity index is 2.34. The second kappa shape index (κ2) is 4.96. The van der Waals surface area contributed by atoms with Crippen LogP contribution >= 0.6 is 22.9 Å².